The van der Waals surface area contributed by atoms with Crippen molar-refractivity contribution in [2.75, 3.05) is 13.1 Å². The Morgan fingerprint density at radius 2 is 1.42 bits per heavy atom. The maximum Gasteiger partial charge on any atom is 0.341 e. The van der Waals surface area contributed by atoms with Gasteiger partial charge in [0.05, 0.1) is 13.1 Å². The first-order chi connectivity index (χ1) is 5.72. The van der Waals surface area contributed by atoms with Crippen molar-refractivity contribution >= 4 is 5.96 Å². The topological polar surface area (TPSA) is 55.0 Å². The van der Waals surface area contributed by atoms with Gasteiger partial charge in [0.1, 0.15) is 0 Å². The Hall–Kier alpha value is -0.730. The van der Waals surface area contributed by atoms with E-state index >= 15 is 0 Å². The molecule has 0 saturated carbocycles. The van der Waals surface area contributed by atoms with Crippen molar-refractivity contribution in [3.8, 4) is 0 Å². The Balaban J connectivity index is 3.80. The summed E-state index contributed by atoms with van der Waals surface area (Å²) in [7, 11) is 0. The molecule has 0 aromatic carbocycles. The molecule has 0 spiro atoms. The van der Waals surface area contributed by atoms with Gasteiger partial charge < -0.3 is 0 Å². The fourth-order valence-electron chi connectivity index (χ4n) is 1.07. The van der Waals surface area contributed by atoms with Crippen LogP contribution in [-0.2, 0) is 0 Å². The van der Waals surface area contributed by atoms with Crippen LogP contribution in [0.5, 0.6) is 0 Å². The van der Waals surface area contributed by atoms with E-state index in [1.807, 2.05) is 0 Å². The predicted molar refractivity (Wildman–Crippen MR) is 53.2 cm³/mol. The van der Waals surface area contributed by atoms with Gasteiger partial charge in [0.15, 0.2) is 0 Å². The fourth-order valence-corrected chi connectivity index (χ4v) is 1.07. The second kappa shape index (κ2) is 6.95. The van der Waals surface area contributed by atoms with E-state index in [1.54, 1.807) is 0 Å². The lowest BCUT2D eigenvalue weighted by Crippen LogP contribution is -2.36. The zero-order valence-electron chi connectivity index (χ0n) is 8.34. The molecular formula is C9H22N3+. The van der Waals surface area contributed by atoms with Gasteiger partial charge in [0.2, 0.25) is 0 Å². The normalized spacial score (nSPS) is 9.83. The summed E-state index contributed by atoms with van der Waals surface area (Å²) < 4.78 is 2.06. The van der Waals surface area contributed by atoms with Crippen LogP contribution in [0.3, 0.4) is 0 Å². The van der Waals surface area contributed by atoms with E-state index < -0.39 is 0 Å². The Kier molecular flexibility index (Phi) is 6.53. The first kappa shape index (κ1) is 11.3. The molecule has 0 unspecified atom stereocenters. The summed E-state index contributed by atoms with van der Waals surface area (Å²) in [4.78, 5) is 0. The van der Waals surface area contributed by atoms with E-state index in [2.05, 4.69) is 18.4 Å². The molecule has 3 heteroatoms. The number of nitrogens with zero attached hydrogens (tertiary/aromatic N) is 1. The van der Waals surface area contributed by atoms with Gasteiger partial charge >= 0.3 is 5.96 Å². The quantitative estimate of drug-likeness (QED) is 0.355. The van der Waals surface area contributed by atoms with E-state index in [0.717, 1.165) is 13.1 Å². The molecule has 0 heterocycles. The molecule has 0 atom stereocenters. The van der Waals surface area contributed by atoms with Crippen molar-refractivity contribution in [3.05, 3.63) is 0 Å². The first-order valence-electron chi connectivity index (χ1n) is 4.85. The molecule has 0 amide bonds. The molecule has 0 fully saturated rings. The van der Waals surface area contributed by atoms with Gasteiger partial charge in [-0.2, -0.15) is 0 Å². The lowest BCUT2D eigenvalue weighted by molar-refractivity contribution is -0.530. The van der Waals surface area contributed by atoms with Crippen molar-refractivity contribution < 1.29 is 4.58 Å². The smallest absolute Gasteiger partial charge is 0.291 e. The number of rotatable bonds is 6. The molecule has 0 aromatic rings. The maximum absolute atomic E-state index is 5.54. The van der Waals surface area contributed by atoms with Crippen LogP contribution in [0.2, 0.25) is 0 Å². The monoisotopic (exact) mass is 172 g/mol. The third kappa shape index (κ3) is 4.99. The SMILES string of the molecule is CCCC[N+](CCCC)=C(N)N. The highest BCUT2D eigenvalue weighted by molar-refractivity contribution is 5.70. The average molecular weight is 172 g/mol. The van der Waals surface area contributed by atoms with Crippen LogP contribution < -0.4 is 11.5 Å². The van der Waals surface area contributed by atoms with Gasteiger partial charge in [0.25, 0.3) is 0 Å². The number of nitrogens with two attached hydrogens (primary N) is 2. The summed E-state index contributed by atoms with van der Waals surface area (Å²) in [5.41, 5.74) is 11.1. The molecule has 0 aliphatic carbocycles. The zero-order valence-corrected chi connectivity index (χ0v) is 8.34. The van der Waals surface area contributed by atoms with E-state index in [9.17, 15) is 0 Å². The third-order valence-corrected chi connectivity index (χ3v) is 1.93. The van der Waals surface area contributed by atoms with Crippen LogP contribution in [-0.4, -0.2) is 23.6 Å². The minimum atomic E-state index is 0.469. The lowest BCUT2D eigenvalue weighted by Gasteiger charge is -2.07. The van der Waals surface area contributed by atoms with Gasteiger partial charge in [-0.3, -0.25) is 16.0 Å². The minimum absolute atomic E-state index is 0.469. The summed E-state index contributed by atoms with van der Waals surface area (Å²) in [5, 5.41) is 0. The Bertz CT molecular complexity index is 127. The molecule has 0 bridgehead atoms. The summed E-state index contributed by atoms with van der Waals surface area (Å²) in [6.45, 7) is 6.34. The molecule has 0 aliphatic heterocycles. The van der Waals surface area contributed by atoms with Crippen molar-refractivity contribution in [2.45, 2.75) is 39.5 Å². The summed E-state index contributed by atoms with van der Waals surface area (Å²) >= 11 is 0. The fraction of sp³-hybridized carbons (Fsp3) is 0.889. The highest BCUT2D eigenvalue weighted by Gasteiger charge is 2.01. The third-order valence-electron chi connectivity index (χ3n) is 1.93. The lowest BCUT2D eigenvalue weighted by atomic mass is 10.3. The Labute approximate surface area is 75.4 Å². The van der Waals surface area contributed by atoms with Gasteiger partial charge in [-0.05, 0) is 12.8 Å². The van der Waals surface area contributed by atoms with Crippen molar-refractivity contribution in [1.29, 1.82) is 0 Å². The molecular weight excluding hydrogens is 150 g/mol. The number of hydrogen-bond acceptors (Lipinski definition) is 0. The summed E-state index contributed by atoms with van der Waals surface area (Å²) in [5.74, 6) is 0.469. The van der Waals surface area contributed by atoms with Gasteiger partial charge in [-0.15, -0.1) is 0 Å². The van der Waals surface area contributed by atoms with Crippen LogP contribution >= 0.6 is 0 Å². The molecule has 72 valence electrons. The standard InChI is InChI=1S/C9H21N3/c1-3-5-7-12(9(10)11)8-6-4-2/h3-8H2,1-2H3,(H3,10,11)/p+1. The number of guanidine groups is 1. The molecule has 0 saturated heterocycles. The molecule has 4 N–H and O–H groups in total. The van der Waals surface area contributed by atoms with Gasteiger partial charge in [-0.1, -0.05) is 26.7 Å². The van der Waals surface area contributed by atoms with E-state index in [-0.39, 0.29) is 0 Å². The number of unbranched alkanes of at least 4 members (excludes halogenated alkanes) is 2. The van der Waals surface area contributed by atoms with Gasteiger partial charge in [0, 0.05) is 0 Å². The highest BCUT2D eigenvalue weighted by atomic mass is 15.1. The van der Waals surface area contributed by atoms with Crippen LogP contribution in [0.1, 0.15) is 39.5 Å². The number of hydrogen-bond donors (Lipinski definition) is 2. The van der Waals surface area contributed by atoms with Gasteiger partial charge in [-0.25, -0.2) is 0 Å². The molecule has 0 aromatic heterocycles. The van der Waals surface area contributed by atoms with Crippen molar-refractivity contribution in [2.24, 2.45) is 11.5 Å². The van der Waals surface area contributed by atoms with Crippen molar-refractivity contribution in [1.82, 2.24) is 0 Å². The largest absolute Gasteiger partial charge is 0.341 e. The van der Waals surface area contributed by atoms with E-state index in [4.69, 9.17) is 11.5 Å². The molecule has 0 aliphatic rings. The van der Waals surface area contributed by atoms with Crippen molar-refractivity contribution in [3.63, 3.8) is 0 Å². The van der Waals surface area contributed by atoms with E-state index in [0.29, 0.717) is 5.96 Å². The van der Waals surface area contributed by atoms with E-state index in [1.165, 1.54) is 25.7 Å². The van der Waals surface area contributed by atoms with Crippen LogP contribution in [0, 0.1) is 0 Å². The Morgan fingerprint density at radius 1 is 1.00 bits per heavy atom. The van der Waals surface area contributed by atoms with Crippen LogP contribution in [0.25, 0.3) is 0 Å². The molecule has 3 nitrogen and oxygen atoms in total. The molecule has 0 radical (unpaired) electrons. The van der Waals surface area contributed by atoms with Crippen LogP contribution in [0.15, 0.2) is 0 Å². The predicted octanol–water partition coefficient (Wildman–Crippen LogP) is 0.873. The second-order valence-electron chi connectivity index (χ2n) is 3.12. The molecule has 0 rings (SSSR count). The molecule has 12 heavy (non-hydrogen) atoms. The first-order valence-corrected chi connectivity index (χ1v) is 4.85. The van der Waals surface area contributed by atoms with Crippen LogP contribution in [0.4, 0.5) is 0 Å². The highest BCUT2D eigenvalue weighted by Crippen LogP contribution is 1.92. The second-order valence-corrected chi connectivity index (χ2v) is 3.12. The zero-order chi connectivity index (χ0) is 9.40. The minimum Gasteiger partial charge on any atom is -0.291 e. The maximum atomic E-state index is 5.54. The average Bonchev–Trinajstić information content (AvgIpc) is 2.04. The Morgan fingerprint density at radius 3 is 1.67 bits per heavy atom. The summed E-state index contributed by atoms with van der Waals surface area (Å²) in [6.07, 6.45) is 4.72. The summed E-state index contributed by atoms with van der Waals surface area (Å²) in [6, 6.07) is 0.